The highest BCUT2D eigenvalue weighted by atomic mass is 16.5. The predicted octanol–water partition coefficient (Wildman–Crippen LogP) is 3.46. The molecule has 0 bridgehead atoms. The molecule has 0 radical (unpaired) electrons. The monoisotopic (exact) mass is 227 g/mol. The van der Waals surface area contributed by atoms with Gasteiger partial charge in [-0.2, -0.15) is 0 Å². The van der Waals surface area contributed by atoms with Crippen LogP contribution >= 0.6 is 0 Å². The second kappa shape index (κ2) is 4.91. The molecule has 0 heterocycles. The molecule has 0 aliphatic rings. The van der Waals surface area contributed by atoms with Gasteiger partial charge in [0.05, 0.1) is 0 Å². The van der Waals surface area contributed by atoms with E-state index in [1.165, 1.54) is 11.1 Å². The molecule has 17 heavy (non-hydrogen) atoms. The van der Waals surface area contributed by atoms with Crippen molar-refractivity contribution in [1.82, 2.24) is 0 Å². The van der Waals surface area contributed by atoms with Crippen LogP contribution in [-0.2, 0) is 6.61 Å². The number of nitrogens with two attached hydrogens (primary N) is 1. The predicted molar refractivity (Wildman–Crippen MR) is 71.1 cm³/mol. The molecule has 2 rings (SSSR count). The molecular formula is C15H17NO. The minimum Gasteiger partial charge on any atom is -0.489 e. The van der Waals surface area contributed by atoms with Gasteiger partial charge < -0.3 is 10.5 Å². The third-order valence-corrected chi connectivity index (χ3v) is 2.73. The molecule has 0 fully saturated rings. The molecule has 0 atom stereocenters. The first kappa shape index (κ1) is 11.5. The number of anilines is 1. The van der Waals surface area contributed by atoms with Crippen molar-refractivity contribution in [3.63, 3.8) is 0 Å². The molecule has 0 saturated carbocycles. The molecule has 0 aliphatic carbocycles. The number of hydrogen-bond donors (Lipinski definition) is 1. The fraction of sp³-hybridized carbons (Fsp3) is 0.200. The summed E-state index contributed by atoms with van der Waals surface area (Å²) in [5.41, 5.74) is 10.0. The Morgan fingerprint density at radius 1 is 1.06 bits per heavy atom. The van der Waals surface area contributed by atoms with Crippen LogP contribution in [0.15, 0.2) is 42.5 Å². The van der Waals surface area contributed by atoms with Crippen molar-refractivity contribution < 1.29 is 4.74 Å². The molecular weight excluding hydrogens is 210 g/mol. The standard InChI is InChI=1S/C15H17NO/c1-11-4-3-5-13(8-11)10-17-14-6-7-15(16)12(2)9-14/h3-9H,10,16H2,1-2H3. The molecule has 0 aromatic heterocycles. The van der Waals surface area contributed by atoms with Crippen molar-refractivity contribution in [3.8, 4) is 5.75 Å². The molecule has 0 unspecified atom stereocenters. The molecule has 2 aromatic carbocycles. The van der Waals surface area contributed by atoms with Crippen LogP contribution in [-0.4, -0.2) is 0 Å². The van der Waals surface area contributed by atoms with Crippen molar-refractivity contribution in [2.45, 2.75) is 20.5 Å². The highest BCUT2D eigenvalue weighted by molar-refractivity contribution is 5.49. The van der Waals surface area contributed by atoms with E-state index in [2.05, 4.69) is 25.1 Å². The molecule has 0 amide bonds. The largest absolute Gasteiger partial charge is 0.489 e. The van der Waals surface area contributed by atoms with Gasteiger partial charge in [0.15, 0.2) is 0 Å². The minimum absolute atomic E-state index is 0.588. The van der Waals surface area contributed by atoms with Gasteiger partial charge in [-0.05, 0) is 43.2 Å². The zero-order valence-electron chi connectivity index (χ0n) is 10.2. The van der Waals surface area contributed by atoms with Crippen molar-refractivity contribution in [2.24, 2.45) is 0 Å². The van der Waals surface area contributed by atoms with Gasteiger partial charge in [0, 0.05) is 5.69 Å². The van der Waals surface area contributed by atoms with Gasteiger partial charge in [0.25, 0.3) is 0 Å². The van der Waals surface area contributed by atoms with Crippen LogP contribution in [0, 0.1) is 13.8 Å². The Hall–Kier alpha value is -1.96. The maximum absolute atomic E-state index is 5.76. The fourth-order valence-electron chi connectivity index (χ4n) is 1.71. The van der Waals surface area contributed by atoms with Crippen molar-refractivity contribution >= 4 is 5.69 Å². The summed E-state index contributed by atoms with van der Waals surface area (Å²) in [7, 11) is 0. The number of hydrogen-bond acceptors (Lipinski definition) is 2. The van der Waals surface area contributed by atoms with Gasteiger partial charge in [0.1, 0.15) is 12.4 Å². The lowest BCUT2D eigenvalue weighted by molar-refractivity contribution is 0.306. The van der Waals surface area contributed by atoms with Crippen LogP contribution in [0.1, 0.15) is 16.7 Å². The van der Waals surface area contributed by atoms with Crippen LogP contribution in [0.5, 0.6) is 5.75 Å². The topological polar surface area (TPSA) is 35.2 Å². The molecule has 2 nitrogen and oxygen atoms in total. The summed E-state index contributed by atoms with van der Waals surface area (Å²) < 4.78 is 5.73. The zero-order valence-corrected chi connectivity index (χ0v) is 10.2. The average molecular weight is 227 g/mol. The first-order valence-corrected chi connectivity index (χ1v) is 5.69. The lowest BCUT2D eigenvalue weighted by Crippen LogP contribution is -1.97. The first-order valence-electron chi connectivity index (χ1n) is 5.69. The highest BCUT2D eigenvalue weighted by Crippen LogP contribution is 2.19. The Kier molecular flexibility index (Phi) is 3.33. The van der Waals surface area contributed by atoms with Crippen LogP contribution in [0.3, 0.4) is 0 Å². The molecule has 0 spiro atoms. The lowest BCUT2D eigenvalue weighted by atomic mass is 10.1. The SMILES string of the molecule is Cc1cccc(COc2ccc(N)c(C)c2)c1. The Balaban J connectivity index is 2.05. The Morgan fingerprint density at radius 3 is 2.59 bits per heavy atom. The van der Waals surface area contributed by atoms with Crippen molar-refractivity contribution in [1.29, 1.82) is 0 Å². The van der Waals surface area contributed by atoms with E-state index in [-0.39, 0.29) is 0 Å². The Labute approximate surface area is 102 Å². The molecule has 2 aromatic rings. The van der Waals surface area contributed by atoms with E-state index in [9.17, 15) is 0 Å². The van der Waals surface area contributed by atoms with E-state index in [1.54, 1.807) is 0 Å². The van der Waals surface area contributed by atoms with E-state index in [4.69, 9.17) is 10.5 Å². The van der Waals surface area contributed by atoms with E-state index in [1.807, 2.05) is 31.2 Å². The van der Waals surface area contributed by atoms with E-state index >= 15 is 0 Å². The first-order chi connectivity index (χ1) is 8.15. The summed E-state index contributed by atoms with van der Waals surface area (Å²) in [6, 6.07) is 14.1. The van der Waals surface area contributed by atoms with Gasteiger partial charge in [-0.1, -0.05) is 29.8 Å². The summed E-state index contributed by atoms with van der Waals surface area (Å²) >= 11 is 0. The minimum atomic E-state index is 0.588. The van der Waals surface area contributed by atoms with Gasteiger partial charge in [-0.3, -0.25) is 0 Å². The smallest absolute Gasteiger partial charge is 0.120 e. The summed E-state index contributed by atoms with van der Waals surface area (Å²) in [5.74, 6) is 0.859. The van der Waals surface area contributed by atoms with E-state index in [0.717, 1.165) is 17.0 Å². The molecule has 0 saturated heterocycles. The maximum atomic E-state index is 5.76. The van der Waals surface area contributed by atoms with Gasteiger partial charge in [-0.25, -0.2) is 0 Å². The molecule has 2 heteroatoms. The summed E-state index contributed by atoms with van der Waals surface area (Å²) in [6.07, 6.45) is 0. The molecule has 88 valence electrons. The van der Waals surface area contributed by atoms with Crippen LogP contribution in [0.25, 0.3) is 0 Å². The third-order valence-electron chi connectivity index (χ3n) is 2.73. The van der Waals surface area contributed by atoms with Crippen molar-refractivity contribution in [3.05, 3.63) is 59.2 Å². The third kappa shape index (κ3) is 3.00. The maximum Gasteiger partial charge on any atom is 0.120 e. The second-order valence-electron chi connectivity index (χ2n) is 4.30. The molecule has 2 N–H and O–H groups in total. The number of aryl methyl sites for hydroxylation is 2. The second-order valence-corrected chi connectivity index (χ2v) is 4.30. The zero-order chi connectivity index (χ0) is 12.3. The van der Waals surface area contributed by atoms with E-state index in [0.29, 0.717) is 6.61 Å². The van der Waals surface area contributed by atoms with Crippen LogP contribution in [0.4, 0.5) is 5.69 Å². The number of benzene rings is 2. The Bertz CT molecular complexity index is 520. The fourth-order valence-corrected chi connectivity index (χ4v) is 1.71. The normalized spacial score (nSPS) is 10.2. The summed E-state index contributed by atoms with van der Waals surface area (Å²) in [4.78, 5) is 0. The molecule has 0 aliphatic heterocycles. The number of nitrogen functional groups attached to an aromatic ring is 1. The van der Waals surface area contributed by atoms with Crippen LogP contribution < -0.4 is 10.5 Å². The van der Waals surface area contributed by atoms with Crippen molar-refractivity contribution in [2.75, 3.05) is 5.73 Å². The van der Waals surface area contributed by atoms with Gasteiger partial charge >= 0.3 is 0 Å². The quantitative estimate of drug-likeness (QED) is 0.815. The summed E-state index contributed by atoms with van der Waals surface area (Å²) in [6.45, 7) is 4.65. The lowest BCUT2D eigenvalue weighted by Gasteiger charge is -2.08. The highest BCUT2D eigenvalue weighted by Gasteiger charge is 1.99. The van der Waals surface area contributed by atoms with Gasteiger partial charge in [0.2, 0.25) is 0 Å². The van der Waals surface area contributed by atoms with Gasteiger partial charge in [-0.15, -0.1) is 0 Å². The Morgan fingerprint density at radius 2 is 1.88 bits per heavy atom. The van der Waals surface area contributed by atoms with Crippen LogP contribution in [0.2, 0.25) is 0 Å². The summed E-state index contributed by atoms with van der Waals surface area (Å²) in [5, 5.41) is 0. The average Bonchev–Trinajstić information content (AvgIpc) is 2.31. The number of rotatable bonds is 3. The number of ether oxygens (including phenoxy) is 1. The van der Waals surface area contributed by atoms with E-state index < -0.39 is 0 Å².